The van der Waals surface area contributed by atoms with Crippen LogP contribution in [0, 0.1) is 5.82 Å². The minimum Gasteiger partial charge on any atom is -0.392 e. The average Bonchev–Trinajstić information content (AvgIpc) is 3.75. The maximum absolute atomic E-state index is 15.2. The van der Waals surface area contributed by atoms with Crippen molar-refractivity contribution in [2.45, 2.75) is 44.3 Å². The lowest BCUT2D eigenvalue weighted by Crippen LogP contribution is -2.22. The molecule has 44 heavy (non-hydrogen) atoms. The van der Waals surface area contributed by atoms with Crippen LogP contribution in [0.25, 0.3) is 44.3 Å². The molecule has 2 aromatic carbocycles. The van der Waals surface area contributed by atoms with E-state index in [1.165, 1.54) is 22.8 Å². The number of nitrogens with one attached hydrogen (secondary N) is 1. The first-order valence-electron chi connectivity index (χ1n) is 14.0. The number of aromatic amines is 1. The van der Waals surface area contributed by atoms with Gasteiger partial charge in [0.2, 0.25) is 5.95 Å². The van der Waals surface area contributed by atoms with Gasteiger partial charge in [-0.05, 0) is 66.0 Å². The molecule has 224 valence electrons. The predicted molar refractivity (Wildman–Crippen MR) is 157 cm³/mol. The fraction of sp³-hybridized carbons (Fsp3) is 0.219. The summed E-state index contributed by atoms with van der Waals surface area (Å²) in [4.78, 5) is 25.5. The summed E-state index contributed by atoms with van der Waals surface area (Å²) in [6.45, 7) is -0.476. The van der Waals surface area contributed by atoms with Crippen LogP contribution >= 0.6 is 0 Å². The standard InChI is InChI=1S/C32H25F4N5O3/c33-24-13-19(16-4-5-16)12-18-10-11-41(30(43)27(18)24)26-3-1-2-21(23(26)15-42)28-22-14-25(38-29(22)40-31(37)39-28)17-6-8-20(9-7-17)44-32(34,35)36/h1-3,6-8,10-14,16,20,42H,4-5,9,15H2,(H3,37,38,39,40). The maximum atomic E-state index is 15.2. The summed E-state index contributed by atoms with van der Waals surface area (Å²) in [5.74, 6) is -0.317. The van der Waals surface area contributed by atoms with Gasteiger partial charge in [0.15, 0.2) is 0 Å². The van der Waals surface area contributed by atoms with Crippen molar-refractivity contribution in [3.05, 3.63) is 99.9 Å². The van der Waals surface area contributed by atoms with Crippen molar-refractivity contribution in [1.82, 2.24) is 19.5 Å². The Hall–Kier alpha value is -4.81. The Morgan fingerprint density at radius 3 is 2.66 bits per heavy atom. The molecule has 0 amide bonds. The predicted octanol–water partition coefficient (Wildman–Crippen LogP) is 6.27. The van der Waals surface area contributed by atoms with Crippen molar-refractivity contribution in [2.24, 2.45) is 0 Å². The molecule has 8 nitrogen and oxygen atoms in total. The number of alkyl halides is 3. The highest BCUT2D eigenvalue weighted by Gasteiger charge is 2.33. The van der Waals surface area contributed by atoms with E-state index in [0.29, 0.717) is 56.1 Å². The Morgan fingerprint density at radius 1 is 1.14 bits per heavy atom. The number of rotatable bonds is 6. The van der Waals surface area contributed by atoms with E-state index in [4.69, 9.17) is 5.73 Å². The number of hydrogen-bond acceptors (Lipinski definition) is 6. The van der Waals surface area contributed by atoms with E-state index in [1.54, 1.807) is 42.6 Å². The Balaban J connectivity index is 1.31. The molecule has 0 bridgehead atoms. The SMILES string of the molecule is Nc1nc(-c2cccc(-n3ccc4cc(C5CC5)cc(F)c4c3=O)c2CO)c2cc(C3=CCC(OC(F)(F)F)C=C3)[nH]c2n1. The second kappa shape index (κ2) is 10.4. The van der Waals surface area contributed by atoms with E-state index in [9.17, 15) is 23.1 Å². The molecule has 7 rings (SSSR count). The first-order chi connectivity index (χ1) is 21.1. The first kappa shape index (κ1) is 28.0. The van der Waals surface area contributed by atoms with Crippen LogP contribution in [-0.2, 0) is 11.3 Å². The highest BCUT2D eigenvalue weighted by Crippen LogP contribution is 2.41. The van der Waals surface area contributed by atoms with Crippen LogP contribution in [0.3, 0.4) is 0 Å². The minimum absolute atomic E-state index is 0.0150. The molecule has 2 aliphatic carbocycles. The van der Waals surface area contributed by atoms with Crippen molar-refractivity contribution in [3.63, 3.8) is 0 Å². The number of aliphatic hydroxyl groups excluding tert-OH is 1. The summed E-state index contributed by atoms with van der Waals surface area (Å²) >= 11 is 0. The lowest BCUT2D eigenvalue weighted by molar-refractivity contribution is -0.335. The molecule has 3 heterocycles. The fourth-order valence-corrected chi connectivity index (χ4v) is 5.83. The maximum Gasteiger partial charge on any atom is 0.523 e. The molecule has 1 fully saturated rings. The summed E-state index contributed by atoms with van der Waals surface area (Å²) in [5, 5.41) is 11.6. The van der Waals surface area contributed by atoms with Gasteiger partial charge < -0.3 is 15.8 Å². The molecule has 0 spiro atoms. The molecule has 3 aromatic heterocycles. The molecule has 0 saturated heterocycles. The van der Waals surface area contributed by atoms with Crippen LogP contribution in [0.4, 0.5) is 23.5 Å². The van der Waals surface area contributed by atoms with Crippen LogP contribution in [-0.4, -0.2) is 37.1 Å². The number of aromatic nitrogens is 4. The van der Waals surface area contributed by atoms with E-state index < -0.39 is 30.4 Å². The Bertz CT molecular complexity index is 2070. The van der Waals surface area contributed by atoms with Gasteiger partial charge in [-0.3, -0.25) is 14.1 Å². The Morgan fingerprint density at radius 2 is 1.95 bits per heavy atom. The van der Waals surface area contributed by atoms with E-state index in [2.05, 4.69) is 19.7 Å². The van der Waals surface area contributed by atoms with E-state index in [-0.39, 0.29) is 17.8 Å². The van der Waals surface area contributed by atoms with Gasteiger partial charge in [-0.25, -0.2) is 9.37 Å². The third kappa shape index (κ3) is 5.05. The smallest absolute Gasteiger partial charge is 0.392 e. The normalized spacial score (nSPS) is 17.0. The van der Waals surface area contributed by atoms with Crippen LogP contribution in [0.2, 0.25) is 0 Å². The van der Waals surface area contributed by atoms with Gasteiger partial charge in [-0.1, -0.05) is 36.4 Å². The monoisotopic (exact) mass is 603 g/mol. The number of fused-ring (bicyclic) bond motifs is 2. The number of hydrogen-bond donors (Lipinski definition) is 3. The minimum atomic E-state index is -4.74. The highest BCUT2D eigenvalue weighted by molar-refractivity contribution is 5.96. The van der Waals surface area contributed by atoms with Gasteiger partial charge in [-0.15, -0.1) is 13.2 Å². The van der Waals surface area contributed by atoms with Gasteiger partial charge >= 0.3 is 6.36 Å². The summed E-state index contributed by atoms with van der Waals surface area (Å²) in [5.41, 5.74) is 9.48. The van der Waals surface area contributed by atoms with E-state index >= 15 is 4.39 Å². The number of nitrogen functional groups attached to an aromatic ring is 1. The van der Waals surface area contributed by atoms with Crippen molar-refractivity contribution in [2.75, 3.05) is 5.73 Å². The molecule has 1 saturated carbocycles. The molecule has 5 aromatic rings. The number of nitrogens with zero attached hydrogens (tertiary/aromatic N) is 3. The summed E-state index contributed by atoms with van der Waals surface area (Å²) < 4.78 is 58.5. The summed E-state index contributed by atoms with van der Waals surface area (Å²) in [7, 11) is 0. The first-order valence-corrected chi connectivity index (χ1v) is 14.0. The number of anilines is 1. The summed E-state index contributed by atoms with van der Waals surface area (Å²) in [6, 6.07) is 11.8. The second-order valence-electron chi connectivity index (χ2n) is 10.9. The van der Waals surface area contributed by atoms with E-state index in [1.807, 2.05) is 6.07 Å². The molecular weight excluding hydrogens is 578 g/mol. The third-order valence-electron chi connectivity index (χ3n) is 8.01. The van der Waals surface area contributed by atoms with Crippen LogP contribution < -0.4 is 11.3 Å². The molecule has 1 unspecified atom stereocenters. The van der Waals surface area contributed by atoms with Gasteiger partial charge in [0.25, 0.3) is 5.56 Å². The number of benzene rings is 2. The highest BCUT2D eigenvalue weighted by atomic mass is 19.4. The molecule has 0 radical (unpaired) electrons. The van der Waals surface area contributed by atoms with Gasteiger partial charge in [0.05, 0.1) is 29.5 Å². The quantitative estimate of drug-likeness (QED) is 0.197. The largest absolute Gasteiger partial charge is 0.523 e. The average molecular weight is 604 g/mol. The van der Waals surface area contributed by atoms with Crippen molar-refractivity contribution >= 4 is 33.3 Å². The molecule has 1 atom stereocenters. The molecular formula is C32H25F4N5O3. The van der Waals surface area contributed by atoms with Crippen molar-refractivity contribution < 1.29 is 27.4 Å². The number of pyridine rings is 1. The van der Waals surface area contributed by atoms with Crippen molar-refractivity contribution in [3.8, 4) is 16.9 Å². The van der Waals surface area contributed by atoms with Gasteiger partial charge in [0, 0.05) is 28.4 Å². The number of allylic oxidation sites excluding steroid dienone is 2. The zero-order valence-electron chi connectivity index (χ0n) is 23.0. The third-order valence-corrected chi connectivity index (χ3v) is 8.01. The summed E-state index contributed by atoms with van der Waals surface area (Å²) in [6.07, 6.45) is 2.20. The zero-order valence-corrected chi connectivity index (χ0v) is 23.0. The van der Waals surface area contributed by atoms with Gasteiger partial charge in [-0.2, -0.15) is 4.98 Å². The lowest BCUT2D eigenvalue weighted by Gasteiger charge is -2.18. The topological polar surface area (TPSA) is 119 Å². The van der Waals surface area contributed by atoms with E-state index in [0.717, 1.165) is 18.4 Å². The zero-order chi connectivity index (χ0) is 30.7. The van der Waals surface area contributed by atoms with Crippen LogP contribution in [0.5, 0.6) is 0 Å². The number of ether oxygens (including phenoxy) is 1. The molecule has 0 aliphatic heterocycles. The molecule has 12 heteroatoms. The lowest BCUT2D eigenvalue weighted by atomic mass is 9.99. The Kier molecular flexibility index (Phi) is 6.63. The number of halogens is 4. The molecule has 4 N–H and O–H groups in total. The van der Waals surface area contributed by atoms with Crippen LogP contribution in [0.15, 0.2) is 71.7 Å². The number of H-pyrrole nitrogens is 1. The van der Waals surface area contributed by atoms with Crippen molar-refractivity contribution in [1.29, 1.82) is 0 Å². The number of nitrogens with two attached hydrogens (primary N) is 1. The second-order valence-corrected chi connectivity index (χ2v) is 10.9. The molecule has 2 aliphatic rings. The fourth-order valence-electron chi connectivity index (χ4n) is 5.83. The Labute approximate surface area is 247 Å². The van der Waals surface area contributed by atoms with Crippen LogP contribution in [0.1, 0.15) is 42.0 Å². The number of aliphatic hydroxyl groups is 1. The van der Waals surface area contributed by atoms with Gasteiger partial charge in [0.1, 0.15) is 11.5 Å².